The molecular weight excluding hydrogens is 318 g/mol. The van der Waals surface area contributed by atoms with Crippen molar-refractivity contribution in [2.75, 3.05) is 0 Å². The Morgan fingerprint density at radius 1 is 1.42 bits per heavy atom. The van der Waals surface area contributed by atoms with Crippen LogP contribution >= 0.6 is 15.9 Å². The van der Waals surface area contributed by atoms with Crippen LogP contribution in [0.2, 0.25) is 0 Å². The van der Waals surface area contributed by atoms with Crippen LogP contribution in [0.4, 0.5) is 5.69 Å². The van der Waals surface area contributed by atoms with Gasteiger partial charge in [0.15, 0.2) is 0 Å². The highest BCUT2D eigenvalue weighted by Gasteiger charge is 2.15. The molecule has 0 saturated heterocycles. The summed E-state index contributed by atoms with van der Waals surface area (Å²) in [6, 6.07) is 5.22. The highest BCUT2D eigenvalue weighted by atomic mass is 79.9. The van der Waals surface area contributed by atoms with E-state index in [0.29, 0.717) is 6.42 Å². The second-order valence-corrected chi connectivity index (χ2v) is 4.73. The number of nitro groups is 1. The van der Waals surface area contributed by atoms with Crippen molar-refractivity contribution in [3.8, 4) is 0 Å². The predicted octanol–water partition coefficient (Wildman–Crippen LogP) is 1.53. The highest BCUT2D eigenvalue weighted by Crippen LogP contribution is 2.12. The molecule has 0 aliphatic rings. The third-order valence-corrected chi connectivity index (χ3v) is 3.32. The first kappa shape index (κ1) is 15.1. The van der Waals surface area contributed by atoms with Crippen molar-refractivity contribution in [1.82, 2.24) is 10.9 Å². The van der Waals surface area contributed by atoms with Gasteiger partial charge in [-0.3, -0.25) is 30.6 Å². The number of alkyl halides is 1. The molecule has 1 atom stereocenters. The van der Waals surface area contributed by atoms with Gasteiger partial charge in [0.2, 0.25) is 0 Å². The molecule has 0 fully saturated rings. The van der Waals surface area contributed by atoms with Crippen molar-refractivity contribution < 1.29 is 14.5 Å². The van der Waals surface area contributed by atoms with Gasteiger partial charge in [0.1, 0.15) is 0 Å². The molecule has 0 heterocycles. The molecule has 0 spiro atoms. The Labute approximate surface area is 117 Å². The van der Waals surface area contributed by atoms with Crippen molar-refractivity contribution in [1.29, 1.82) is 0 Å². The summed E-state index contributed by atoms with van der Waals surface area (Å²) >= 11 is 3.13. The number of hydrogen-bond acceptors (Lipinski definition) is 4. The summed E-state index contributed by atoms with van der Waals surface area (Å²) in [6.07, 6.45) is 0.568. The van der Waals surface area contributed by atoms with Crippen LogP contribution in [-0.2, 0) is 4.79 Å². The number of carbonyl (C=O) groups excluding carboxylic acids is 2. The first-order valence-corrected chi connectivity index (χ1v) is 6.36. The third-order valence-electron chi connectivity index (χ3n) is 2.26. The van der Waals surface area contributed by atoms with E-state index in [9.17, 15) is 19.7 Å². The zero-order chi connectivity index (χ0) is 14.4. The lowest BCUT2D eigenvalue weighted by Crippen LogP contribution is -2.44. The molecule has 0 unspecified atom stereocenters. The van der Waals surface area contributed by atoms with Gasteiger partial charge in [-0.2, -0.15) is 0 Å². The van der Waals surface area contributed by atoms with Crippen molar-refractivity contribution in [3.63, 3.8) is 0 Å². The van der Waals surface area contributed by atoms with Gasteiger partial charge in [-0.15, -0.1) is 0 Å². The lowest BCUT2D eigenvalue weighted by molar-refractivity contribution is -0.384. The van der Waals surface area contributed by atoms with E-state index in [1.165, 1.54) is 18.2 Å². The van der Waals surface area contributed by atoms with Crippen molar-refractivity contribution in [2.45, 2.75) is 18.2 Å². The number of amides is 2. The fourth-order valence-corrected chi connectivity index (χ4v) is 1.33. The van der Waals surface area contributed by atoms with Gasteiger partial charge in [0.25, 0.3) is 17.5 Å². The van der Waals surface area contributed by atoms with Gasteiger partial charge >= 0.3 is 0 Å². The maximum Gasteiger partial charge on any atom is 0.270 e. The Morgan fingerprint density at radius 3 is 2.68 bits per heavy atom. The van der Waals surface area contributed by atoms with Crippen LogP contribution in [0.1, 0.15) is 23.7 Å². The number of benzene rings is 1. The van der Waals surface area contributed by atoms with Crippen LogP contribution in [0.25, 0.3) is 0 Å². The quantitative estimate of drug-likeness (QED) is 0.496. The minimum absolute atomic E-state index is 0.0946. The third kappa shape index (κ3) is 4.32. The molecule has 0 aromatic heterocycles. The summed E-state index contributed by atoms with van der Waals surface area (Å²) in [6.45, 7) is 1.81. The van der Waals surface area contributed by atoms with Crippen LogP contribution in [0.15, 0.2) is 24.3 Å². The number of nitro benzene ring substituents is 1. The smallest absolute Gasteiger partial charge is 0.270 e. The summed E-state index contributed by atoms with van der Waals surface area (Å²) in [5.41, 5.74) is 4.32. The van der Waals surface area contributed by atoms with Crippen molar-refractivity contribution in [2.24, 2.45) is 0 Å². The van der Waals surface area contributed by atoms with E-state index >= 15 is 0 Å². The van der Waals surface area contributed by atoms with Crippen molar-refractivity contribution >= 4 is 33.4 Å². The first-order chi connectivity index (χ1) is 8.95. The molecule has 102 valence electrons. The molecule has 0 radical (unpaired) electrons. The molecule has 7 nitrogen and oxygen atoms in total. The molecule has 1 aromatic carbocycles. The normalized spacial score (nSPS) is 11.5. The van der Waals surface area contributed by atoms with E-state index in [1.54, 1.807) is 6.92 Å². The van der Waals surface area contributed by atoms with Crippen LogP contribution in [0.5, 0.6) is 0 Å². The number of hydrazine groups is 1. The highest BCUT2D eigenvalue weighted by molar-refractivity contribution is 9.10. The minimum atomic E-state index is -0.618. The summed E-state index contributed by atoms with van der Waals surface area (Å²) in [7, 11) is 0. The van der Waals surface area contributed by atoms with Gasteiger partial charge in [0, 0.05) is 17.7 Å². The van der Waals surface area contributed by atoms with Gasteiger partial charge in [-0.05, 0) is 12.5 Å². The van der Waals surface area contributed by atoms with E-state index < -0.39 is 15.7 Å². The fourth-order valence-electron chi connectivity index (χ4n) is 1.21. The minimum Gasteiger partial charge on any atom is -0.272 e. The maximum absolute atomic E-state index is 11.7. The van der Waals surface area contributed by atoms with E-state index in [2.05, 4.69) is 26.8 Å². The van der Waals surface area contributed by atoms with Gasteiger partial charge < -0.3 is 0 Å². The lowest BCUT2D eigenvalue weighted by atomic mass is 10.2. The number of nitrogens with one attached hydrogen (secondary N) is 2. The number of hydrogen-bond donors (Lipinski definition) is 2. The Balaban J connectivity index is 2.66. The average molecular weight is 330 g/mol. The van der Waals surface area contributed by atoms with Gasteiger partial charge in [0.05, 0.1) is 9.75 Å². The monoisotopic (exact) mass is 329 g/mol. The van der Waals surface area contributed by atoms with E-state index in [-0.39, 0.29) is 17.2 Å². The zero-order valence-electron chi connectivity index (χ0n) is 10.1. The molecule has 0 bridgehead atoms. The molecule has 0 aliphatic carbocycles. The molecule has 0 aliphatic heterocycles. The number of halogens is 1. The summed E-state index contributed by atoms with van der Waals surface area (Å²) in [5.74, 6) is -1.01. The molecule has 19 heavy (non-hydrogen) atoms. The summed E-state index contributed by atoms with van der Waals surface area (Å²) in [4.78, 5) is 32.6. The average Bonchev–Trinajstić information content (AvgIpc) is 2.43. The predicted molar refractivity (Wildman–Crippen MR) is 71.7 cm³/mol. The molecule has 0 saturated carbocycles. The van der Waals surface area contributed by atoms with E-state index in [4.69, 9.17) is 0 Å². The van der Waals surface area contributed by atoms with Gasteiger partial charge in [-0.1, -0.05) is 28.9 Å². The zero-order valence-corrected chi connectivity index (χ0v) is 11.6. The second kappa shape index (κ2) is 6.83. The van der Waals surface area contributed by atoms with Gasteiger partial charge in [-0.25, -0.2) is 0 Å². The van der Waals surface area contributed by atoms with E-state index in [1.807, 2.05) is 0 Å². The SMILES string of the molecule is CC[C@H](Br)C(=O)NNC(=O)c1cccc([N+](=O)[O-])c1. The fraction of sp³-hybridized carbons (Fsp3) is 0.273. The standard InChI is InChI=1S/C11H12BrN3O4/c1-2-9(12)11(17)14-13-10(16)7-4-3-5-8(6-7)15(18)19/h3-6,9H,2H2,1H3,(H,13,16)(H,14,17)/t9-/m0/s1. The van der Waals surface area contributed by atoms with Crippen LogP contribution < -0.4 is 10.9 Å². The Kier molecular flexibility index (Phi) is 5.43. The molecule has 1 rings (SSSR count). The topological polar surface area (TPSA) is 101 Å². The Hall–Kier alpha value is -1.96. The summed E-state index contributed by atoms with van der Waals surface area (Å²) < 4.78 is 0. The number of non-ortho nitro benzene ring substituents is 1. The number of carbonyl (C=O) groups is 2. The summed E-state index contributed by atoms with van der Waals surface area (Å²) in [5, 5.41) is 10.6. The Morgan fingerprint density at radius 2 is 2.11 bits per heavy atom. The van der Waals surface area contributed by atoms with Crippen LogP contribution in [0.3, 0.4) is 0 Å². The molecule has 8 heteroatoms. The van der Waals surface area contributed by atoms with Crippen LogP contribution in [0, 0.1) is 10.1 Å². The van der Waals surface area contributed by atoms with E-state index in [0.717, 1.165) is 6.07 Å². The number of rotatable bonds is 4. The van der Waals surface area contributed by atoms with Crippen molar-refractivity contribution in [3.05, 3.63) is 39.9 Å². The molecule has 1 aromatic rings. The second-order valence-electron chi connectivity index (χ2n) is 3.63. The molecule has 2 N–H and O–H groups in total. The van der Waals surface area contributed by atoms with Crippen LogP contribution in [-0.4, -0.2) is 21.6 Å². The Bertz CT molecular complexity index is 506. The largest absolute Gasteiger partial charge is 0.272 e. The maximum atomic E-state index is 11.7. The molecular formula is C11H12BrN3O4. The first-order valence-electron chi connectivity index (χ1n) is 5.44. The molecule has 2 amide bonds. The lowest BCUT2D eigenvalue weighted by Gasteiger charge is -2.09. The number of nitrogens with zero attached hydrogens (tertiary/aromatic N) is 1.